The summed E-state index contributed by atoms with van der Waals surface area (Å²) in [5, 5.41) is 2.71. The number of para-hydroxylation sites is 1. The van der Waals surface area contributed by atoms with Gasteiger partial charge < -0.3 is 24.3 Å². The number of hydrogen-bond donors (Lipinski definition) is 1. The highest BCUT2D eigenvalue weighted by Gasteiger charge is 2.07. The van der Waals surface area contributed by atoms with Gasteiger partial charge in [-0.1, -0.05) is 24.3 Å². The van der Waals surface area contributed by atoms with Crippen LogP contribution in [-0.2, 0) is 14.3 Å². The highest BCUT2D eigenvalue weighted by Crippen LogP contribution is 2.23. The lowest BCUT2D eigenvalue weighted by atomic mass is 10.3. The molecular formula is C23H21NO6. The van der Waals surface area contributed by atoms with Crippen molar-refractivity contribution >= 4 is 17.6 Å². The molecule has 3 aromatic carbocycles. The standard InChI is InChI=1S/C23H21NO6/c1-27-23(26)16-29-21-9-5-6-17(14-21)24-22(25)15-28-18-10-12-20(13-11-18)30-19-7-3-2-4-8-19/h2-14H,15-16H2,1H3,(H,24,25). The Kier molecular flexibility index (Phi) is 7.27. The summed E-state index contributed by atoms with van der Waals surface area (Å²) in [6.07, 6.45) is 0. The lowest BCUT2D eigenvalue weighted by Crippen LogP contribution is -2.20. The molecule has 0 fully saturated rings. The molecule has 1 N–H and O–H groups in total. The Morgan fingerprint density at radius 3 is 2.10 bits per heavy atom. The minimum atomic E-state index is -0.488. The van der Waals surface area contributed by atoms with E-state index in [2.05, 4.69) is 10.1 Å². The van der Waals surface area contributed by atoms with E-state index in [1.165, 1.54) is 7.11 Å². The van der Waals surface area contributed by atoms with Crippen molar-refractivity contribution in [2.45, 2.75) is 0 Å². The van der Waals surface area contributed by atoms with Crippen molar-refractivity contribution in [1.82, 2.24) is 0 Å². The van der Waals surface area contributed by atoms with E-state index in [1.807, 2.05) is 30.3 Å². The van der Waals surface area contributed by atoms with Gasteiger partial charge in [-0.2, -0.15) is 0 Å². The van der Waals surface area contributed by atoms with Crippen LogP contribution in [0.25, 0.3) is 0 Å². The van der Waals surface area contributed by atoms with Crippen LogP contribution in [0.1, 0.15) is 0 Å². The molecule has 7 nitrogen and oxygen atoms in total. The zero-order valence-corrected chi connectivity index (χ0v) is 16.4. The van der Waals surface area contributed by atoms with E-state index in [0.29, 0.717) is 22.9 Å². The van der Waals surface area contributed by atoms with Crippen molar-refractivity contribution < 1.29 is 28.5 Å². The second-order valence-corrected chi connectivity index (χ2v) is 6.12. The summed E-state index contributed by atoms with van der Waals surface area (Å²) in [4.78, 5) is 23.3. The number of carbonyl (C=O) groups is 2. The number of anilines is 1. The third-order valence-corrected chi connectivity index (χ3v) is 3.87. The van der Waals surface area contributed by atoms with E-state index >= 15 is 0 Å². The Bertz CT molecular complexity index is 972. The zero-order chi connectivity index (χ0) is 21.2. The van der Waals surface area contributed by atoms with Gasteiger partial charge in [0, 0.05) is 11.8 Å². The van der Waals surface area contributed by atoms with Gasteiger partial charge in [0.05, 0.1) is 7.11 Å². The molecule has 0 aromatic heterocycles. The smallest absolute Gasteiger partial charge is 0.343 e. The molecule has 7 heteroatoms. The fraction of sp³-hybridized carbons (Fsp3) is 0.130. The van der Waals surface area contributed by atoms with Crippen molar-refractivity contribution in [2.75, 3.05) is 25.6 Å². The molecule has 30 heavy (non-hydrogen) atoms. The molecule has 0 unspecified atom stereocenters. The van der Waals surface area contributed by atoms with Gasteiger partial charge in [-0.3, -0.25) is 4.79 Å². The summed E-state index contributed by atoms with van der Waals surface area (Å²) in [6.45, 7) is -0.368. The summed E-state index contributed by atoms with van der Waals surface area (Å²) in [5.74, 6) is 1.57. The molecule has 0 aliphatic rings. The van der Waals surface area contributed by atoms with E-state index in [0.717, 1.165) is 5.75 Å². The van der Waals surface area contributed by atoms with Gasteiger partial charge in [-0.15, -0.1) is 0 Å². The van der Waals surface area contributed by atoms with Crippen LogP contribution in [-0.4, -0.2) is 32.2 Å². The first kappa shape index (κ1) is 20.7. The molecule has 3 rings (SSSR count). The Morgan fingerprint density at radius 2 is 1.37 bits per heavy atom. The SMILES string of the molecule is COC(=O)COc1cccc(NC(=O)COc2ccc(Oc3ccccc3)cc2)c1. The van der Waals surface area contributed by atoms with E-state index in [9.17, 15) is 9.59 Å². The number of carbonyl (C=O) groups excluding carboxylic acids is 2. The summed E-state index contributed by atoms with van der Waals surface area (Å²) in [5.41, 5.74) is 0.526. The van der Waals surface area contributed by atoms with Gasteiger partial charge in [-0.05, 0) is 48.5 Å². The quantitative estimate of drug-likeness (QED) is 0.539. The monoisotopic (exact) mass is 407 g/mol. The topological polar surface area (TPSA) is 83.1 Å². The molecule has 0 saturated carbocycles. The van der Waals surface area contributed by atoms with Crippen molar-refractivity contribution in [1.29, 1.82) is 0 Å². The van der Waals surface area contributed by atoms with Crippen LogP contribution in [0.3, 0.4) is 0 Å². The van der Waals surface area contributed by atoms with Crippen LogP contribution in [0.4, 0.5) is 5.69 Å². The normalized spacial score (nSPS) is 10.0. The predicted octanol–water partition coefficient (Wildman–Crippen LogP) is 4.05. The number of rotatable bonds is 9. The minimum Gasteiger partial charge on any atom is -0.484 e. The van der Waals surface area contributed by atoms with Gasteiger partial charge in [-0.25, -0.2) is 4.79 Å². The van der Waals surface area contributed by atoms with Gasteiger partial charge in [0.15, 0.2) is 13.2 Å². The van der Waals surface area contributed by atoms with Crippen LogP contribution in [0.2, 0.25) is 0 Å². The first-order valence-corrected chi connectivity index (χ1v) is 9.17. The van der Waals surface area contributed by atoms with Gasteiger partial charge in [0.2, 0.25) is 0 Å². The number of hydrogen-bond acceptors (Lipinski definition) is 6. The van der Waals surface area contributed by atoms with Gasteiger partial charge in [0.25, 0.3) is 5.91 Å². The number of nitrogens with one attached hydrogen (secondary N) is 1. The highest BCUT2D eigenvalue weighted by molar-refractivity contribution is 5.92. The molecule has 0 saturated heterocycles. The number of benzene rings is 3. The average Bonchev–Trinajstić information content (AvgIpc) is 2.78. The van der Waals surface area contributed by atoms with Crippen molar-refractivity contribution in [3.8, 4) is 23.0 Å². The van der Waals surface area contributed by atoms with Crippen LogP contribution in [0.15, 0.2) is 78.9 Å². The fourth-order valence-electron chi connectivity index (χ4n) is 2.44. The molecule has 0 aliphatic carbocycles. The van der Waals surface area contributed by atoms with Gasteiger partial charge >= 0.3 is 5.97 Å². The molecule has 0 aliphatic heterocycles. The molecule has 3 aromatic rings. The minimum absolute atomic E-state index is 0.161. The Hall–Kier alpha value is -4.00. The Morgan fingerprint density at radius 1 is 0.733 bits per heavy atom. The molecule has 1 amide bonds. The average molecular weight is 407 g/mol. The van der Waals surface area contributed by atoms with Gasteiger partial charge in [0.1, 0.15) is 23.0 Å². The predicted molar refractivity (Wildman–Crippen MR) is 111 cm³/mol. The third kappa shape index (κ3) is 6.56. The molecule has 154 valence electrons. The second-order valence-electron chi connectivity index (χ2n) is 6.12. The van der Waals surface area contributed by atoms with Crippen LogP contribution < -0.4 is 19.5 Å². The van der Waals surface area contributed by atoms with Crippen molar-refractivity contribution in [3.05, 3.63) is 78.9 Å². The second kappa shape index (κ2) is 10.5. The number of ether oxygens (including phenoxy) is 4. The summed E-state index contributed by atoms with van der Waals surface area (Å²) in [6, 6.07) is 23.1. The lowest BCUT2D eigenvalue weighted by Gasteiger charge is -2.10. The highest BCUT2D eigenvalue weighted by atomic mass is 16.6. The Balaban J connectivity index is 1.47. The first-order valence-electron chi connectivity index (χ1n) is 9.17. The van der Waals surface area contributed by atoms with Crippen molar-refractivity contribution in [3.63, 3.8) is 0 Å². The van der Waals surface area contributed by atoms with Crippen LogP contribution in [0, 0.1) is 0 Å². The fourth-order valence-corrected chi connectivity index (χ4v) is 2.44. The number of esters is 1. The lowest BCUT2D eigenvalue weighted by molar-refractivity contribution is -0.142. The molecule has 0 bridgehead atoms. The van der Waals surface area contributed by atoms with E-state index < -0.39 is 5.97 Å². The molecule has 0 spiro atoms. The van der Waals surface area contributed by atoms with Crippen molar-refractivity contribution in [2.24, 2.45) is 0 Å². The van der Waals surface area contributed by atoms with Crippen LogP contribution in [0.5, 0.6) is 23.0 Å². The molecular weight excluding hydrogens is 386 g/mol. The maximum atomic E-state index is 12.1. The molecule has 0 atom stereocenters. The zero-order valence-electron chi connectivity index (χ0n) is 16.4. The molecule has 0 radical (unpaired) electrons. The first-order chi connectivity index (χ1) is 14.6. The maximum absolute atomic E-state index is 12.1. The maximum Gasteiger partial charge on any atom is 0.343 e. The third-order valence-electron chi connectivity index (χ3n) is 3.87. The van der Waals surface area contributed by atoms with E-state index in [-0.39, 0.29) is 19.1 Å². The molecule has 0 heterocycles. The largest absolute Gasteiger partial charge is 0.484 e. The Labute approximate surface area is 174 Å². The number of methoxy groups -OCH3 is 1. The van der Waals surface area contributed by atoms with E-state index in [4.69, 9.17) is 14.2 Å². The van der Waals surface area contributed by atoms with E-state index in [1.54, 1.807) is 48.5 Å². The summed E-state index contributed by atoms with van der Waals surface area (Å²) >= 11 is 0. The summed E-state index contributed by atoms with van der Waals surface area (Å²) < 4.78 is 21.0. The number of amides is 1. The summed E-state index contributed by atoms with van der Waals surface area (Å²) in [7, 11) is 1.28. The van der Waals surface area contributed by atoms with Crippen LogP contribution >= 0.6 is 0 Å².